The summed E-state index contributed by atoms with van der Waals surface area (Å²) in [7, 11) is 2.93. The number of hydrogen-bond donors (Lipinski definition) is 1. The SMILES string of the molecule is COc1cccc(OC)c1/C(O)=C1\C(=O)C(=O)N(c2ccccc2C)C1c1ccccc1. The molecule has 0 aliphatic carbocycles. The molecule has 0 bridgehead atoms. The molecule has 0 spiro atoms. The lowest BCUT2D eigenvalue weighted by Crippen LogP contribution is -2.30. The van der Waals surface area contributed by atoms with Crippen molar-refractivity contribution in [3.63, 3.8) is 0 Å². The van der Waals surface area contributed by atoms with Crippen molar-refractivity contribution in [2.24, 2.45) is 0 Å². The van der Waals surface area contributed by atoms with Crippen molar-refractivity contribution < 1.29 is 24.2 Å². The lowest BCUT2D eigenvalue weighted by atomic mass is 9.94. The van der Waals surface area contributed by atoms with Gasteiger partial charge in [-0.15, -0.1) is 0 Å². The van der Waals surface area contributed by atoms with Gasteiger partial charge in [-0.25, -0.2) is 0 Å². The predicted octanol–water partition coefficient (Wildman–Crippen LogP) is 4.64. The standard InChI is InChI=1S/C26H23NO5/c1-16-10-7-8-13-18(16)27-23(17-11-5-4-6-12-17)22(25(29)26(27)30)24(28)21-19(31-2)14-9-15-20(21)32-3/h4-15,23,28H,1-3H3/b24-22+. The first-order chi connectivity index (χ1) is 15.5. The molecule has 1 aliphatic heterocycles. The second kappa shape index (κ2) is 8.59. The number of Topliss-reactive ketones (excluding diaryl/α,β-unsaturated/α-hetero) is 1. The maximum Gasteiger partial charge on any atom is 0.300 e. The largest absolute Gasteiger partial charge is 0.506 e. The number of carbonyl (C=O) groups is 2. The van der Waals surface area contributed by atoms with Crippen molar-refractivity contribution in [3.8, 4) is 11.5 Å². The number of para-hydroxylation sites is 1. The number of amides is 1. The van der Waals surface area contributed by atoms with E-state index in [2.05, 4.69) is 0 Å². The van der Waals surface area contributed by atoms with Crippen LogP contribution in [0.25, 0.3) is 5.76 Å². The number of aliphatic hydroxyl groups excluding tert-OH is 1. The third-order valence-corrected chi connectivity index (χ3v) is 5.60. The minimum atomic E-state index is -0.813. The fourth-order valence-electron chi connectivity index (χ4n) is 4.08. The van der Waals surface area contributed by atoms with E-state index >= 15 is 0 Å². The van der Waals surface area contributed by atoms with E-state index in [9.17, 15) is 14.7 Å². The van der Waals surface area contributed by atoms with E-state index in [0.717, 1.165) is 5.56 Å². The maximum absolute atomic E-state index is 13.3. The molecule has 0 saturated carbocycles. The highest BCUT2D eigenvalue weighted by Gasteiger charge is 2.47. The lowest BCUT2D eigenvalue weighted by Gasteiger charge is -2.27. The van der Waals surface area contributed by atoms with Crippen LogP contribution in [0.1, 0.15) is 22.7 Å². The molecule has 1 amide bonds. The van der Waals surface area contributed by atoms with Crippen LogP contribution < -0.4 is 14.4 Å². The Morgan fingerprint density at radius 2 is 1.44 bits per heavy atom. The predicted molar refractivity (Wildman–Crippen MR) is 122 cm³/mol. The third-order valence-electron chi connectivity index (χ3n) is 5.60. The Balaban J connectivity index is 2.03. The number of anilines is 1. The highest BCUT2D eigenvalue weighted by atomic mass is 16.5. The van der Waals surface area contributed by atoms with Crippen LogP contribution in [0.15, 0.2) is 78.4 Å². The van der Waals surface area contributed by atoms with E-state index in [1.54, 1.807) is 24.3 Å². The fourth-order valence-corrected chi connectivity index (χ4v) is 4.08. The molecule has 6 nitrogen and oxygen atoms in total. The van der Waals surface area contributed by atoms with E-state index in [1.807, 2.05) is 55.5 Å². The molecule has 1 fully saturated rings. The highest BCUT2D eigenvalue weighted by molar-refractivity contribution is 6.51. The molecule has 4 rings (SSSR count). The summed E-state index contributed by atoms with van der Waals surface area (Å²) in [4.78, 5) is 28.0. The van der Waals surface area contributed by atoms with Crippen LogP contribution in [0.4, 0.5) is 5.69 Å². The summed E-state index contributed by atoms with van der Waals surface area (Å²) in [5, 5.41) is 11.4. The van der Waals surface area contributed by atoms with Crippen LogP contribution in [0.5, 0.6) is 11.5 Å². The molecule has 32 heavy (non-hydrogen) atoms. The lowest BCUT2D eigenvalue weighted by molar-refractivity contribution is -0.132. The van der Waals surface area contributed by atoms with Gasteiger partial charge in [0.25, 0.3) is 11.7 Å². The quantitative estimate of drug-likeness (QED) is 0.363. The Bertz CT molecular complexity index is 1190. The van der Waals surface area contributed by atoms with Gasteiger partial charge in [0, 0.05) is 5.69 Å². The zero-order valence-electron chi connectivity index (χ0n) is 18.0. The number of carbonyl (C=O) groups excluding carboxylic acids is 2. The second-order valence-electron chi connectivity index (χ2n) is 7.40. The monoisotopic (exact) mass is 429 g/mol. The number of ketones is 1. The topological polar surface area (TPSA) is 76.1 Å². The number of aliphatic hydroxyl groups is 1. The van der Waals surface area contributed by atoms with Gasteiger partial charge in [0.05, 0.1) is 25.8 Å². The molecule has 1 unspecified atom stereocenters. The van der Waals surface area contributed by atoms with E-state index < -0.39 is 17.7 Å². The normalized spacial score (nSPS) is 17.5. The summed E-state index contributed by atoms with van der Waals surface area (Å²) in [5.41, 5.74) is 2.35. The van der Waals surface area contributed by atoms with Gasteiger partial charge in [0.15, 0.2) is 0 Å². The molecule has 1 saturated heterocycles. The number of aryl methyl sites for hydroxylation is 1. The van der Waals surface area contributed by atoms with E-state index in [-0.39, 0.29) is 16.9 Å². The summed E-state index contributed by atoms with van der Waals surface area (Å²) < 4.78 is 10.8. The molecule has 162 valence electrons. The number of benzene rings is 3. The molecular formula is C26H23NO5. The summed E-state index contributed by atoms with van der Waals surface area (Å²) in [5.74, 6) is -1.16. The highest BCUT2D eigenvalue weighted by Crippen LogP contribution is 2.45. The number of methoxy groups -OCH3 is 2. The van der Waals surface area contributed by atoms with Gasteiger partial charge in [0.2, 0.25) is 0 Å². The fraction of sp³-hybridized carbons (Fsp3) is 0.154. The summed E-state index contributed by atoms with van der Waals surface area (Å²) >= 11 is 0. The van der Waals surface area contributed by atoms with E-state index in [4.69, 9.17) is 9.47 Å². The van der Waals surface area contributed by atoms with Gasteiger partial charge >= 0.3 is 0 Å². The molecule has 3 aromatic carbocycles. The Morgan fingerprint density at radius 3 is 2.03 bits per heavy atom. The average molecular weight is 429 g/mol. The minimum absolute atomic E-state index is 0.0211. The Morgan fingerprint density at radius 1 is 0.844 bits per heavy atom. The van der Waals surface area contributed by atoms with Crippen LogP contribution in [0, 0.1) is 6.92 Å². The Labute approximate surface area is 186 Å². The zero-order chi connectivity index (χ0) is 22.8. The van der Waals surface area contributed by atoms with Crippen molar-refractivity contribution in [2.75, 3.05) is 19.1 Å². The number of rotatable bonds is 5. The van der Waals surface area contributed by atoms with Crippen molar-refractivity contribution in [2.45, 2.75) is 13.0 Å². The molecule has 0 aromatic heterocycles. The number of hydrogen-bond acceptors (Lipinski definition) is 5. The van der Waals surface area contributed by atoms with Crippen molar-refractivity contribution in [1.29, 1.82) is 0 Å². The molecule has 0 radical (unpaired) electrons. The molecule has 1 aliphatic rings. The Hall–Kier alpha value is -4.06. The minimum Gasteiger partial charge on any atom is -0.506 e. The number of ether oxygens (including phenoxy) is 2. The summed E-state index contributed by atoms with van der Waals surface area (Å²) in [6.07, 6.45) is 0. The van der Waals surface area contributed by atoms with Crippen LogP contribution >= 0.6 is 0 Å². The van der Waals surface area contributed by atoms with E-state index in [1.165, 1.54) is 19.1 Å². The maximum atomic E-state index is 13.3. The molecule has 1 N–H and O–H groups in total. The van der Waals surface area contributed by atoms with E-state index in [0.29, 0.717) is 22.7 Å². The third kappa shape index (κ3) is 3.39. The number of nitrogens with zero attached hydrogens (tertiary/aromatic N) is 1. The van der Waals surface area contributed by atoms with Crippen LogP contribution in [0.2, 0.25) is 0 Å². The molecule has 3 aromatic rings. The van der Waals surface area contributed by atoms with Gasteiger partial charge in [-0.2, -0.15) is 0 Å². The van der Waals surface area contributed by atoms with Crippen LogP contribution in [-0.2, 0) is 9.59 Å². The zero-order valence-corrected chi connectivity index (χ0v) is 18.0. The van der Waals surface area contributed by atoms with Gasteiger partial charge in [0.1, 0.15) is 22.8 Å². The van der Waals surface area contributed by atoms with Crippen LogP contribution in [0.3, 0.4) is 0 Å². The average Bonchev–Trinajstić information content (AvgIpc) is 3.09. The molecule has 6 heteroatoms. The summed E-state index contributed by atoms with van der Waals surface area (Å²) in [6.45, 7) is 1.87. The molecule has 1 heterocycles. The molecular weight excluding hydrogens is 406 g/mol. The van der Waals surface area contributed by atoms with Gasteiger partial charge in [-0.1, -0.05) is 54.6 Å². The van der Waals surface area contributed by atoms with Crippen molar-refractivity contribution in [1.82, 2.24) is 0 Å². The Kier molecular flexibility index (Phi) is 5.69. The van der Waals surface area contributed by atoms with Crippen molar-refractivity contribution >= 4 is 23.1 Å². The molecule has 1 atom stereocenters. The first kappa shape index (κ1) is 21.2. The first-order valence-corrected chi connectivity index (χ1v) is 10.1. The van der Waals surface area contributed by atoms with Crippen molar-refractivity contribution in [3.05, 3.63) is 95.1 Å². The van der Waals surface area contributed by atoms with Gasteiger partial charge in [-0.05, 0) is 36.2 Å². The smallest absolute Gasteiger partial charge is 0.300 e. The van der Waals surface area contributed by atoms with Crippen LogP contribution in [-0.4, -0.2) is 31.0 Å². The first-order valence-electron chi connectivity index (χ1n) is 10.1. The van der Waals surface area contributed by atoms with Gasteiger partial charge < -0.3 is 14.6 Å². The van der Waals surface area contributed by atoms with Gasteiger partial charge in [-0.3, -0.25) is 14.5 Å². The summed E-state index contributed by atoms with van der Waals surface area (Å²) in [6, 6.07) is 20.7. The second-order valence-corrected chi connectivity index (χ2v) is 7.40.